The van der Waals surface area contributed by atoms with Crippen LogP contribution in [0, 0.1) is 11.8 Å². The van der Waals surface area contributed by atoms with Crippen LogP contribution in [0.2, 0.25) is 0 Å². The van der Waals surface area contributed by atoms with Gasteiger partial charge >= 0.3 is 0 Å². The minimum Gasteiger partial charge on any atom is -0.370 e. The van der Waals surface area contributed by atoms with E-state index >= 15 is 0 Å². The van der Waals surface area contributed by atoms with Gasteiger partial charge in [-0.2, -0.15) is 0 Å². The van der Waals surface area contributed by atoms with E-state index < -0.39 is 9.84 Å². The van der Waals surface area contributed by atoms with E-state index in [-0.39, 0.29) is 35.6 Å². The molecule has 0 aromatic rings. The molecule has 0 spiro atoms. The third-order valence-corrected chi connectivity index (χ3v) is 4.71. The first-order valence-corrected chi connectivity index (χ1v) is 7.95. The number of nitrogens with zero attached hydrogens (tertiary/aromatic N) is 1. The van der Waals surface area contributed by atoms with Crippen molar-refractivity contribution in [2.75, 3.05) is 24.6 Å². The van der Waals surface area contributed by atoms with Crippen LogP contribution in [0.3, 0.4) is 0 Å². The molecule has 0 bridgehead atoms. The molecule has 1 saturated heterocycles. The van der Waals surface area contributed by atoms with Crippen LogP contribution in [-0.4, -0.2) is 39.0 Å². The third kappa shape index (κ3) is 7.40. The highest BCUT2D eigenvalue weighted by molar-refractivity contribution is 14.0. The van der Waals surface area contributed by atoms with Gasteiger partial charge in [0, 0.05) is 13.1 Å². The third-order valence-electron chi connectivity index (χ3n) is 2.87. The van der Waals surface area contributed by atoms with Crippen molar-refractivity contribution in [2.24, 2.45) is 22.6 Å². The number of rotatable bonds is 5. The quantitative estimate of drug-likeness (QED) is 0.417. The highest BCUT2D eigenvalue weighted by atomic mass is 127. The predicted octanol–water partition coefficient (Wildman–Crippen LogP) is 0.990. The number of sulfone groups is 1. The number of nitrogens with two attached hydrogens (primary N) is 1. The van der Waals surface area contributed by atoms with E-state index in [0.29, 0.717) is 30.6 Å². The van der Waals surface area contributed by atoms with E-state index in [1.807, 2.05) is 0 Å². The second-order valence-corrected chi connectivity index (χ2v) is 7.33. The Balaban J connectivity index is 0.00000289. The summed E-state index contributed by atoms with van der Waals surface area (Å²) in [5, 5.41) is 3.04. The zero-order chi connectivity index (χ0) is 12.9. The second-order valence-electron chi connectivity index (χ2n) is 5.10. The van der Waals surface area contributed by atoms with Crippen LogP contribution in [0.25, 0.3) is 0 Å². The van der Waals surface area contributed by atoms with E-state index in [1.165, 1.54) is 0 Å². The van der Waals surface area contributed by atoms with E-state index in [1.54, 1.807) is 0 Å². The Morgan fingerprint density at radius 2 is 2.17 bits per heavy atom. The van der Waals surface area contributed by atoms with Crippen LogP contribution >= 0.6 is 24.0 Å². The molecule has 7 heteroatoms. The van der Waals surface area contributed by atoms with Crippen LogP contribution in [0.1, 0.15) is 26.7 Å². The monoisotopic (exact) mass is 389 g/mol. The molecule has 18 heavy (non-hydrogen) atoms. The van der Waals surface area contributed by atoms with Gasteiger partial charge < -0.3 is 11.1 Å². The van der Waals surface area contributed by atoms with Crippen molar-refractivity contribution in [3.8, 4) is 0 Å². The molecule has 0 amide bonds. The molecule has 1 rings (SSSR count). The lowest BCUT2D eigenvalue weighted by Gasteiger charge is -2.08. The summed E-state index contributed by atoms with van der Waals surface area (Å²) in [5.41, 5.74) is 5.70. The molecule has 1 aliphatic heterocycles. The van der Waals surface area contributed by atoms with Crippen molar-refractivity contribution in [3.05, 3.63) is 0 Å². The Labute approximate surface area is 127 Å². The zero-order valence-corrected chi connectivity index (χ0v) is 14.2. The summed E-state index contributed by atoms with van der Waals surface area (Å²) in [7, 11) is -2.80. The molecule has 1 aliphatic rings. The predicted molar refractivity (Wildman–Crippen MR) is 86.1 cm³/mol. The SMILES string of the molecule is CC(C)CCNC(N)=NCC1CCS(=O)(=O)C1.I. The van der Waals surface area contributed by atoms with E-state index in [0.717, 1.165) is 13.0 Å². The standard InChI is InChI=1S/C11H23N3O2S.HI/c1-9(2)3-5-13-11(12)14-7-10-4-6-17(15,16)8-10;/h9-10H,3-8H2,1-2H3,(H3,12,13,14);1H. The first kappa shape index (κ1) is 17.9. The van der Waals surface area contributed by atoms with Gasteiger partial charge in [0.05, 0.1) is 11.5 Å². The van der Waals surface area contributed by atoms with E-state index in [9.17, 15) is 8.42 Å². The second kappa shape index (κ2) is 8.19. The maximum atomic E-state index is 11.2. The Morgan fingerprint density at radius 3 is 2.67 bits per heavy atom. The van der Waals surface area contributed by atoms with Crippen LogP contribution < -0.4 is 11.1 Å². The number of guanidine groups is 1. The summed E-state index contributed by atoms with van der Waals surface area (Å²) in [5.74, 6) is 1.76. The van der Waals surface area contributed by atoms with Crippen LogP contribution in [0.15, 0.2) is 4.99 Å². The van der Waals surface area contributed by atoms with Crippen molar-refractivity contribution in [1.82, 2.24) is 5.32 Å². The minimum atomic E-state index is -2.80. The van der Waals surface area contributed by atoms with Gasteiger partial charge in [-0.1, -0.05) is 13.8 Å². The fraction of sp³-hybridized carbons (Fsp3) is 0.909. The fourth-order valence-electron chi connectivity index (χ4n) is 1.79. The maximum Gasteiger partial charge on any atom is 0.188 e. The van der Waals surface area contributed by atoms with Crippen LogP contribution in [-0.2, 0) is 9.84 Å². The normalized spacial score (nSPS) is 22.8. The van der Waals surface area contributed by atoms with Crippen molar-refractivity contribution in [3.63, 3.8) is 0 Å². The van der Waals surface area contributed by atoms with Gasteiger partial charge in [0.25, 0.3) is 0 Å². The lowest BCUT2D eigenvalue weighted by molar-refractivity contribution is 0.572. The lowest BCUT2D eigenvalue weighted by Crippen LogP contribution is -2.33. The van der Waals surface area contributed by atoms with E-state index in [2.05, 4.69) is 24.2 Å². The molecule has 1 atom stereocenters. The van der Waals surface area contributed by atoms with Crippen molar-refractivity contribution in [1.29, 1.82) is 0 Å². The largest absolute Gasteiger partial charge is 0.370 e. The van der Waals surface area contributed by atoms with Gasteiger partial charge in [0.15, 0.2) is 15.8 Å². The molecular weight excluding hydrogens is 365 g/mol. The van der Waals surface area contributed by atoms with Crippen molar-refractivity contribution < 1.29 is 8.42 Å². The van der Waals surface area contributed by atoms with Gasteiger partial charge in [0.2, 0.25) is 0 Å². The topological polar surface area (TPSA) is 84.5 Å². The average Bonchev–Trinajstić information content (AvgIpc) is 2.55. The highest BCUT2D eigenvalue weighted by Gasteiger charge is 2.27. The average molecular weight is 389 g/mol. The number of hydrogen-bond donors (Lipinski definition) is 2. The number of hydrogen-bond acceptors (Lipinski definition) is 3. The maximum absolute atomic E-state index is 11.2. The fourth-order valence-corrected chi connectivity index (χ4v) is 3.64. The number of halogens is 1. The molecule has 5 nitrogen and oxygen atoms in total. The molecule has 1 fully saturated rings. The summed E-state index contributed by atoms with van der Waals surface area (Å²) in [6.07, 6.45) is 1.76. The molecular formula is C11H24IN3O2S. The van der Waals surface area contributed by atoms with Gasteiger partial charge in [-0.05, 0) is 24.7 Å². The Bertz CT molecular complexity index is 368. The molecule has 0 aliphatic carbocycles. The highest BCUT2D eigenvalue weighted by Crippen LogP contribution is 2.18. The summed E-state index contributed by atoms with van der Waals surface area (Å²) < 4.78 is 22.5. The molecule has 108 valence electrons. The Hall–Kier alpha value is -0.0500. The van der Waals surface area contributed by atoms with Crippen LogP contribution in [0.4, 0.5) is 0 Å². The Kier molecular flexibility index (Phi) is 8.16. The zero-order valence-electron chi connectivity index (χ0n) is 11.1. The number of nitrogens with one attached hydrogen (secondary N) is 1. The molecule has 0 aromatic heterocycles. The van der Waals surface area contributed by atoms with Crippen molar-refractivity contribution in [2.45, 2.75) is 26.7 Å². The summed E-state index contributed by atoms with van der Waals surface area (Å²) in [6.45, 7) is 5.63. The molecule has 0 saturated carbocycles. The Morgan fingerprint density at radius 1 is 1.50 bits per heavy atom. The van der Waals surface area contributed by atoms with E-state index in [4.69, 9.17) is 5.73 Å². The van der Waals surface area contributed by atoms with Gasteiger partial charge in [0.1, 0.15) is 0 Å². The summed E-state index contributed by atoms with van der Waals surface area (Å²) in [4.78, 5) is 4.19. The molecule has 0 radical (unpaired) electrons. The first-order chi connectivity index (χ1) is 7.89. The van der Waals surface area contributed by atoms with Crippen LogP contribution in [0.5, 0.6) is 0 Å². The van der Waals surface area contributed by atoms with Crippen molar-refractivity contribution >= 4 is 39.8 Å². The molecule has 1 heterocycles. The van der Waals surface area contributed by atoms with Gasteiger partial charge in [-0.25, -0.2) is 8.42 Å². The smallest absolute Gasteiger partial charge is 0.188 e. The number of aliphatic imine (C=N–C) groups is 1. The molecule has 1 unspecified atom stereocenters. The molecule has 3 N–H and O–H groups in total. The van der Waals surface area contributed by atoms with Gasteiger partial charge in [-0.15, -0.1) is 24.0 Å². The minimum absolute atomic E-state index is 0. The molecule has 0 aromatic carbocycles. The lowest BCUT2D eigenvalue weighted by atomic mass is 10.1. The summed E-state index contributed by atoms with van der Waals surface area (Å²) >= 11 is 0. The van der Waals surface area contributed by atoms with Gasteiger partial charge in [-0.3, -0.25) is 4.99 Å². The first-order valence-electron chi connectivity index (χ1n) is 6.13. The summed E-state index contributed by atoms with van der Waals surface area (Å²) in [6, 6.07) is 0.